The van der Waals surface area contributed by atoms with Gasteiger partial charge in [0, 0.05) is 40.3 Å². The zero-order chi connectivity index (χ0) is 30.9. The number of carboxylic acid groups (broad SMARTS) is 1. The third kappa shape index (κ3) is 5.61. The highest BCUT2D eigenvalue weighted by molar-refractivity contribution is 5.97. The van der Waals surface area contributed by atoms with Crippen molar-refractivity contribution in [1.29, 1.82) is 0 Å². The van der Waals surface area contributed by atoms with Crippen LogP contribution in [-0.4, -0.2) is 46.7 Å². The number of fused-ring (bicyclic) bond motifs is 1. The number of benzene rings is 3. The van der Waals surface area contributed by atoms with E-state index in [4.69, 9.17) is 9.47 Å². The molecule has 0 saturated heterocycles. The number of aliphatic carboxylic acids is 1. The van der Waals surface area contributed by atoms with Gasteiger partial charge in [0.25, 0.3) is 0 Å². The number of carbonyl (C=O) groups excluding carboxylic acids is 1. The Labute approximate surface area is 244 Å². The maximum Gasteiger partial charge on any atom is 0.347 e. The first-order chi connectivity index (χ1) is 20.5. The van der Waals surface area contributed by atoms with Crippen molar-refractivity contribution in [3.63, 3.8) is 0 Å². The number of nitrogens with zero attached hydrogens (tertiary/aromatic N) is 3. The Morgan fingerprint density at radius 3 is 2.35 bits per heavy atom. The number of hydrogen-bond donors (Lipinski definition) is 2. The largest absolute Gasteiger partial charge is 0.497 e. The van der Waals surface area contributed by atoms with Crippen molar-refractivity contribution in [3.05, 3.63) is 112 Å². The quantitative estimate of drug-likeness (QED) is 0.309. The lowest BCUT2D eigenvalue weighted by atomic mass is 9.77. The number of nitrogens with one attached hydrogen (secondary N) is 1. The van der Waals surface area contributed by atoms with Crippen LogP contribution in [0, 0.1) is 31.3 Å². The average Bonchev–Trinajstić information content (AvgIpc) is 3.07. The number of para-hydroxylation sites is 1. The zero-order valence-electron chi connectivity index (χ0n) is 23.4. The molecule has 0 aliphatic carbocycles. The molecule has 2 atom stereocenters. The van der Waals surface area contributed by atoms with Gasteiger partial charge in [-0.1, -0.05) is 30.3 Å². The minimum atomic E-state index is -1.79. The molecule has 222 valence electrons. The second-order valence-electron chi connectivity index (χ2n) is 10.0. The molecule has 0 saturated carbocycles. The number of amides is 1. The Balaban J connectivity index is 1.76. The van der Waals surface area contributed by atoms with Gasteiger partial charge in [-0.2, -0.15) is 0 Å². The average molecular weight is 593 g/mol. The molecule has 1 amide bonds. The molecule has 1 aliphatic rings. The van der Waals surface area contributed by atoms with Crippen LogP contribution in [0.3, 0.4) is 0 Å². The van der Waals surface area contributed by atoms with Crippen LogP contribution in [0.2, 0.25) is 0 Å². The third-order valence-electron chi connectivity index (χ3n) is 7.19. The van der Waals surface area contributed by atoms with Gasteiger partial charge in [-0.3, -0.25) is 10.1 Å². The van der Waals surface area contributed by atoms with E-state index in [1.54, 1.807) is 62.4 Å². The van der Waals surface area contributed by atoms with Gasteiger partial charge in [-0.25, -0.2) is 27.9 Å². The van der Waals surface area contributed by atoms with Gasteiger partial charge < -0.3 is 19.5 Å². The Hall–Kier alpha value is -4.97. The highest BCUT2D eigenvalue weighted by atomic mass is 19.1. The Bertz CT molecular complexity index is 1680. The maximum atomic E-state index is 14.8. The number of anilines is 1. The number of aromatic nitrogens is 2. The fraction of sp³-hybridized carbons (Fsp3) is 0.226. The molecule has 0 fully saturated rings. The van der Waals surface area contributed by atoms with Gasteiger partial charge in [0.15, 0.2) is 0 Å². The van der Waals surface area contributed by atoms with Crippen molar-refractivity contribution in [1.82, 2.24) is 15.3 Å². The van der Waals surface area contributed by atoms with Crippen molar-refractivity contribution in [2.24, 2.45) is 0 Å². The van der Waals surface area contributed by atoms with Crippen LogP contribution in [0.4, 0.5) is 18.9 Å². The van der Waals surface area contributed by atoms with Crippen LogP contribution in [0.5, 0.6) is 11.8 Å². The smallest absolute Gasteiger partial charge is 0.347 e. The molecule has 5 rings (SSSR count). The monoisotopic (exact) mass is 592 g/mol. The van der Waals surface area contributed by atoms with Crippen molar-refractivity contribution >= 4 is 17.6 Å². The van der Waals surface area contributed by atoms with Crippen LogP contribution in [0.1, 0.15) is 28.1 Å². The van der Waals surface area contributed by atoms with Crippen molar-refractivity contribution in [3.8, 4) is 11.8 Å². The summed E-state index contributed by atoms with van der Waals surface area (Å²) in [4.78, 5) is 36.4. The van der Waals surface area contributed by atoms with Gasteiger partial charge >= 0.3 is 12.0 Å². The summed E-state index contributed by atoms with van der Waals surface area (Å²) in [5.74, 6) is -5.09. The molecule has 2 heterocycles. The minimum absolute atomic E-state index is 0.152. The van der Waals surface area contributed by atoms with Crippen molar-refractivity contribution in [2.75, 3.05) is 18.6 Å². The Kier molecular flexibility index (Phi) is 8.05. The normalized spacial score (nSPS) is 17.2. The highest BCUT2D eigenvalue weighted by Crippen LogP contribution is 2.43. The molecule has 1 aliphatic heterocycles. The van der Waals surface area contributed by atoms with E-state index in [2.05, 4.69) is 15.3 Å². The van der Waals surface area contributed by atoms with Crippen LogP contribution < -0.4 is 19.7 Å². The minimum Gasteiger partial charge on any atom is -0.497 e. The van der Waals surface area contributed by atoms with E-state index in [1.165, 1.54) is 13.2 Å². The van der Waals surface area contributed by atoms with Gasteiger partial charge in [0.1, 0.15) is 28.7 Å². The number of carbonyl (C=O) groups is 2. The number of aryl methyl sites for hydroxylation is 2. The van der Waals surface area contributed by atoms with Crippen LogP contribution in [0.25, 0.3) is 0 Å². The summed E-state index contributed by atoms with van der Waals surface area (Å²) in [6.45, 7) is 2.34. The summed E-state index contributed by atoms with van der Waals surface area (Å²) in [6.07, 6.45) is -1.77. The van der Waals surface area contributed by atoms with Gasteiger partial charge in [0.2, 0.25) is 12.0 Å². The van der Waals surface area contributed by atoms with E-state index in [9.17, 15) is 27.9 Å². The highest BCUT2D eigenvalue weighted by Gasteiger charge is 2.52. The van der Waals surface area contributed by atoms with Crippen LogP contribution >= 0.6 is 0 Å². The van der Waals surface area contributed by atoms with E-state index in [0.717, 1.165) is 4.90 Å². The molecule has 12 heteroatoms. The number of hydrogen-bond acceptors (Lipinski definition) is 7. The molecule has 43 heavy (non-hydrogen) atoms. The summed E-state index contributed by atoms with van der Waals surface area (Å²) >= 11 is 0. The van der Waals surface area contributed by atoms with E-state index >= 15 is 0 Å². The van der Waals surface area contributed by atoms with Crippen molar-refractivity contribution < 1.29 is 37.3 Å². The first kappa shape index (κ1) is 29.5. The molecule has 0 bridgehead atoms. The summed E-state index contributed by atoms with van der Waals surface area (Å²) in [5, 5.41) is 13.8. The molecule has 0 spiro atoms. The van der Waals surface area contributed by atoms with E-state index in [-0.39, 0.29) is 17.3 Å². The molecule has 9 nitrogen and oxygen atoms in total. The van der Waals surface area contributed by atoms with Gasteiger partial charge in [0.05, 0.1) is 20.2 Å². The number of methoxy groups -OCH3 is 1. The van der Waals surface area contributed by atoms with E-state index in [0.29, 0.717) is 34.8 Å². The molecule has 3 aromatic carbocycles. The van der Waals surface area contributed by atoms with Gasteiger partial charge in [-0.15, -0.1) is 0 Å². The summed E-state index contributed by atoms with van der Waals surface area (Å²) in [7, 11) is 1.45. The number of rotatable bonds is 8. The standard InChI is InChI=1S/C31H27F3N4O5/c1-17-11-18(2)37-30(36-17)43-28(29(40)41)31(19-7-6-8-21(12-19)42-3)23-9-4-5-10-26(23)38(27(39)15-35-31)16-22-24(33)13-20(32)14-25(22)34/h4-14,28,35H,15-16H2,1-3H3,(H,40,41)/t28-,31+/m1/s1. The van der Waals surface area contributed by atoms with E-state index in [1.807, 2.05) is 0 Å². The van der Waals surface area contributed by atoms with E-state index < -0.39 is 59.6 Å². The number of halogens is 3. The summed E-state index contributed by atoms with van der Waals surface area (Å²) in [5.41, 5.74) is -0.490. The lowest BCUT2D eigenvalue weighted by molar-refractivity contribution is -0.149. The van der Waals surface area contributed by atoms with Crippen LogP contribution in [-0.2, 0) is 21.7 Å². The molecule has 4 aromatic rings. The first-order valence-electron chi connectivity index (χ1n) is 13.2. The van der Waals surface area contributed by atoms with Gasteiger partial charge in [-0.05, 0) is 43.7 Å². The number of ether oxygens (including phenoxy) is 2. The van der Waals surface area contributed by atoms with Crippen molar-refractivity contribution in [2.45, 2.75) is 32.0 Å². The predicted octanol–water partition coefficient (Wildman–Crippen LogP) is 4.43. The SMILES string of the molecule is COc1cccc([C@]2([C@H](Oc3nc(C)cc(C)n3)C(=O)O)NCC(=O)N(Cc3c(F)cc(F)cc3F)c3ccccc32)c1. The fourth-order valence-corrected chi connectivity index (χ4v) is 5.32. The first-order valence-corrected chi connectivity index (χ1v) is 13.2. The Morgan fingerprint density at radius 2 is 1.70 bits per heavy atom. The van der Waals surface area contributed by atoms with Crippen LogP contribution in [0.15, 0.2) is 66.7 Å². The Morgan fingerprint density at radius 1 is 1.02 bits per heavy atom. The summed E-state index contributed by atoms with van der Waals surface area (Å²) in [6, 6.07) is 15.5. The molecule has 1 aromatic heterocycles. The third-order valence-corrected chi connectivity index (χ3v) is 7.19. The predicted molar refractivity (Wildman–Crippen MR) is 149 cm³/mol. The fourth-order valence-electron chi connectivity index (χ4n) is 5.32. The molecule has 0 unspecified atom stereocenters. The summed E-state index contributed by atoms with van der Waals surface area (Å²) < 4.78 is 54.6. The maximum absolute atomic E-state index is 14.8. The molecular formula is C31H27F3N4O5. The lowest BCUT2D eigenvalue weighted by Gasteiger charge is -2.39. The number of carboxylic acids is 1. The second-order valence-corrected chi connectivity index (χ2v) is 10.0. The molecule has 0 radical (unpaired) electrons. The topological polar surface area (TPSA) is 114 Å². The lowest BCUT2D eigenvalue weighted by Crippen LogP contribution is -2.58. The molecular weight excluding hydrogens is 565 g/mol. The second kappa shape index (κ2) is 11.7. The molecule has 2 N–H and O–H groups in total. The zero-order valence-corrected chi connectivity index (χ0v) is 23.4.